The molecule has 24 heavy (non-hydrogen) atoms. The summed E-state index contributed by atoms with van der Waals surface area (Å²) in [4.78, 5) is 0. The lowest BCUT2D eigenvalue weighted by molar-refractivity contribution is 0.164. The van der Waals surface area contributed by atoms with Gasteiger partial charge in [0, 0.05) is 21.4 Å². The van der Waals surface area contributed by atoms with Gasteiger partial charge in [0.1, 0.15) is 0 Å². The Labute approximate surface area is 152 Å². The summed E-state index contributed by atoms with van der Waals surface area (Å²) in [6.07, 6.45) is 2.20. The molecule has 0 radical (unpaired) electrons. The molecular weight excluding hydrogens is 339 g/mol. The highest BCUT2D eigenvalue weighted by Gasteiger charge is 2.58. The first-order valence-corrected chi connectivity index (χ1v) is 9.29. The number of nitrogens with one attached hydrogen (secondary N) is 2. The van der Waals surface area contributed by atoms with E-state index in [-0.39, 0.29) is 11.1 Å². The Morgan fingerprint density at radius 3 is 1.62 bits per heavy atom. The van der Waals surface area contributed by atoms with Gasteiger partial charge in [-0.15, -0.1) is 0 Å². The van der Waals surface area contributed by atoms with Crippen molar-refractivity contribution >= 4 is 34.6 Å². The lowest BCUT2D eigenvalue weighted by Gasteiger charge is -2.61. The lowest BCUT2D eigenvalue weighted by atomic mass is 9.54. The highest BCUT2D eigenvalue weighted by molar-refractivity contribution is 6.31. The van der Waals surface area contributed by atoms with Crippen LogP contribution in [0.2, 0.25) is 10.0 Å². The lowest BCUT2D eigenvalue weighted by Crippen LogP contribution is -2.67. The molecule has 2 heterocycles. The van der Waals surface area contributed by atoms with E-state index in [0.717, 1.165) is 22.9 Å². The number of benzene rings is 2. The van der Waals surface area contributed by atoms with Crippen molar-refractivity contribution in [3.63, 3.8) is 0 Å². The van der Waals surface area contributed by atoms with Gasteiger partial charge in [-0.1, -0.05) is 23.2 Å². The van der Waals surface area contributed by atoms with E-state index in [4.69, 9.17) is 23.2 Å². The molecule has 4 bridgehead atoms. The van der Waals surface area contributed by atoms with Crippen LogP contribution >= 0.6 is 23.2 Å². The minimum Gasteiger partial charge on any atom is -0.377 e. The molecule has 1 aliphatic carbocycles. The third kappa shape index (κ3) is 1.84. The second-order valence-corrected chi connectivity index (χ2v) is 8.87. The van der Waals surface area contributed by atoms with Crippen molar-refractivity contribution in [1.29, 1.82) is 0 Å². The molecule has 2 nitrogen and oxygen atoms in total. The molecule has 1 fully saturated rings. The highest BCUT2D eigenvalue weighted by Crippen LogP contribution is 2.61. The summed E-state index contributed by atoms with van der Waals surface area (Å²) < 4.78 is 0. The van der Waals surface area contributed by atoms with Gasteiger partial charge in [0.25, 0.3) is 0 Å². The first-order valence-electron chi connectivity index (χ1n) is 8.54. The summed E-state index contributed by atoms with van der Waals surface area (Å²) in [7, 11) is 0. The van der Waals surface area contributed by atoms with Crippen molar-refractivity contribution in [1.82, 2.24) is 0 Å². The van der Waals surface area contributed by atoms with Gasteiger partial charge in [-0.2, -0.15) is 0 Å². The molecule has 0 saturated heterocycles. The van der Waals surface area contributed by atoms with Gasteiger partial charge >= 0.3 is 0 Å². The molecule has 0 amide bonds. The van der Waals surface area contributed by atoms with Crippen LogP contribution in [0.25, 0.3) is 0 Å². The quantitative estimate of drug-likeness (QED) is 0.601. The zero-order valence-electron chi connectivity index (χ0n) is 13.8. The second kappa shape index (κ2) is 4.62. The maximum Gasteiger partial charge on any atom is 0.0578 e. The molecule has 2 aromatic carbocycles. The van der Waals surface area contributed by atoms with Crippen LogP contribution < -0.4 is 10.6 Å². The number of fused-ring (bicyclic) bond motifs is 10. The van der Waals surface area contributed by atoms with E-state index < -0.39 is 0 Å². The Hall–Kier alpha value is -1.38. The third-order valence-electron chi connectivity index (χ3n) is 6.61. The molecule has 2 aliphatic heterocycles. The highest BCUT2D eigenvalue weighted by atomic mass is 35.5. The van der Waals surface area contributed by atoms with E-state index in [2.05, 4.69) is 48.7 Å². The Morgan fingerprint density at radius 1 is 0.792 bits per heavy atom. The van der Waals surface area contributed by atoms with Crippen molar-refractivity contribution in [2.24, 2.45) is 0 Å². The number of hydrogen-bond acceptors (Lipinski definition) is 2. The van der Waals surface area contributed by atoms with E-state index in [9.17, 15) is 0 Å². The fourth-order valence-corrected chi connectivity index (χ4v) is 5.51. The van der Waals surface area contributed by atoms with E-state index in [1.54, 1.807) is 0 Å². The molecule has 0 spiro atoms. The van der Waals surface area contributed by atoms with Crippen LogP contribution in [0, 0.1) is 0 Å². The molecular formula is C20H20Cl2N2. The smallest absolute Gasteiger partial charge is 0.0578 e. The number of rotatable bonds is 0. The van der Waals surface area contributed by atoms with Crippen molar-refractivity contribution in [2.45, 2.75) is 49.6 Å². The van der Waals surface area contributed by atoms with Gasteiger partial charge in [-0.25, -0.2) is 0 Å². The van der Waals surface area contributed by atoms with Crippen LogP contribution in [0.1, 0.15) is 49.7 Å². The largest absolute Gasteiger partial charge is 0.377 e. The van der Waals surface area contributed by atoms with Crippen molar-refractivity contribution < 1.29 is 0 Å². The van der Waals surface area contributed by atoms with Crippen LogP contribution in [0.5, 0.6) is 0 Å². The van der Waals surface area contributed by atoms with Gasteiger partial charge in [0.15, 0.2) is 0 Å². The summed E-state index contributed by atoms with van der Waals surface area (Å²) in [5, 5.41) is 9.27. The maximum absolute atomic E-state index is 6.31. The van der Waals surface area contributed by atoms with Gasteiger partial charge in [-0.3, -0.25) is 0 Å². The summed E-state index contributed by atoms with van der Waals surface area (Å²) in [6.45, 7) is 4.70. The first kappa shape index (κ1) is 14.9. The Kier molecular flexibility index (Phi) is 2.87. The molecule has 2 N–H and O–H groups in total. The van der Waals surface area contributed by atoms with Crippen LogP contribution in [-0.4, -0.2) is 11.1 Å². The van der Waals surface area contributed by atoms with Crippen molar-refractivity contribution in [3.8, 4) is 0 Å². The molecule has 0 unspecified atom stereocenters. The molecule has 4 atom stereocenters. The second-order valence-electron chi connectivity index (χ2n) is 8.00. The van der Waals surface area contributed by atoms with Crippen molar-refractivity contribution in [2.75, 3.05) is 10.6 Å². The summed E-state index contributed by atoms with van der Waals surface area (Å²) >= 11 is 12.6. The zero-order chi connectivity index (χ0) is 16.7. The number of halogens is 2. The fraction of sp³-hybridized carbons (Fsp3) is 0.400. The molecule has 124 valence electrons. The topological polar surface area (TPSA) is 24.1 Å². The van der Waals surface area contributed by atoms with Gasteiger partial charge in [-0.05, 0) is 86.1 Å². The van der Waals surface area contributed by atoms with Crippen LogP contribution in [0.4, 0.5) is 11.4 Å². The summed E-state index contributed by atoms with van der Waals surface area (Å²) in [5.74, 6) is 0.940. The Balaban J connectivity index is 1.76. The number of hydrogen-bond donors (Lipinski definition) is 2. The molecule has 3 aliphatic rings. The predicted molar refractivity (Wildman–Crippen MR) is 102 cm³/mol. The maximum atomic E-state index is 6.31. The Bertz CT molecular complexity index is 793. The van der Waals surface area contributed by atoms with E-state index in [1.165, 1.54) is 22.5 Å². The standard InChI is InChI=1S/C20H20Cl2N2/c1-19-9-15(13-7-11(21)3-5-17(13)23-19)16-10-20(19,2)24-18-6-4-12(22)8-14(16)18/h3-8,15-16,23-24H,9-10H2,1-2H3/t15-,16-,19-,20-/m1/s1. The molecule has 5 rings (SSSR count). The van der Waals surface area contributed by atoms with Crippen LogP contribution in [0.3, 0.4) is 0 Å². The molecule has 2 aromatic rings. The monoisotopic (exact) mass is 358 g/mol. The van der Waals surface area contributed by atoms with E-state index >= 15 is 0 Å². The average Bonchev–Trinajstić information content (AvgIpc) is 2.53. The van der Waals surface area contributed by atoms with Gasteiger partial charge in [0.05, 0.1) is 11.1 Å². The fourth-order valence-electron chi connectivity index (χ4n) is 5.15. The molecule has 4 heteroatoms. The first-order chi connectivity index (χ1) is 11.4. The average molecular weight is 359 g/mol. The molecule has 0 aromatic heterocycles. The third-order valence-corrected chi connectivity index (χ3v) is 7.08. The summed E-state index contributed by atoms with van der Waals surface area (Å²) in [5.41, 5.74) is 5.15. The van der Waals surface area contributed by atoms with Gasteiger partial charge in [0.2, 0.25) is 0 Å². The number of anilines is 2. The minimum atomic E-state index is 0.00627. The van der Waals surface area contributed by atoms with Gasteiger partial charge < -0.3 is 10.6 Å². The minimum absolute atomic E-state index is 0.00627. The van der Waals surface area contributed by atoms with Crippen LogP contribution in [0.15, 0.2) is 36.4 Å². The van der Waals surface area contributed by atoms with Crippen LogP contribution in [-0.2, 0) is 0 Å². The Morgan fingerprint density at radius 2 is 1.21 bits per heavy atom. The van der Waals surface area contributed by atoms with Crippen molar-refractivity contribution in [3.05, 3.63) is 57.6 Å². The zero-order valence-corrected chi connectivity index (χ0v) is 15.3. The van der Waals surface area contributed by atoms with E-state index in [0.29, 0.717) is 11.8 Å². The normalized spacial score (nSPS) is 35.3. The SMILES string of the molecule is C[C@]12C[C@H](c3cc(Cl)ccc3N1)[C@@H]1C[C@@]2(C)Nc2ccc(Cl)cc21. The summed E-state index contributed by atoms with van der Waals surface area (Å²) in [6, 6.07) is 12.5. The van der Waals surface area contributed by atoms with E-state index in [1.807, 2.05) is 12.1 Å². The molecule has 1 saturated carbocycles. The predicted octanol–water partition coefficient (Wildman–Crippen LogP) is 6.02.